The molecule has 1 atom stereocenters. The molecule has 3 heteroatoms. The van der Waals surface area contributed by atoms with E-state index in [4.69, 9.17) is 4.74 Å². The minimum Gasteiger partial charge on any atom is -0.508 e. The maximum absolute atomic E-state index is 9.55. The highest BCUT2D eigenvalue weighted by Gasteiger charge is 2.12. The van der Waals surface area contributed by atoms with Gasteiger partial charge in [0.05, 0.1) is 13.2 Å². The molecule has 1 saturated heterocycles. The molecule has 0 aliphatic carbocycles. The van der Waals surface area contributed by atoms with Crippen LogP contribution in [0.15, 0.2) is 24.3 Å². The monoisotopic (exact) mass is 221 g/mol. The van der Waals surface area contributed by atoms with E-state index in [2.05, 4.69) is 5.32 Å². The van der Waals surface area contributed by atoms with Crippen LogP contribution in [0.4, 0.5) is 0 Å². The molecule has 1 aromatic carbocycles. The van der Waals surface area contributed by atoms with Crippen molar-refractivity contribution in [1.82, 2.24) is 5.32 Å². The fraction of sp³-hybridized carbons (Fsp3) is 0.538. The van der Waals surface area contributed by atoms with E-state index in [9.17, 15) is 5.11 Å². The number of aromatic hydroxyl groups is 1. The maximum atomic E-state index is 9.55. The number of phenols is 1. The van der Waals surface area contributed by atoms with Gasteiger partial charge in [-0.2, -0.15) is 0 Å². The molecular formula is C13H19NO2. The molecule has 0 amide bonds. The van der Waals surface area contributed by atoms with Crippen LogP contribution in [0.2, 0.25) is 0 Å². The quantitative estimate of drug-likeness (QED) is 0.817. The van der Waals surface area contributed by atoms with Crippen molar-refractivity contribution >= 4 is 0 Å². The van der Waals surface area contributed by atoms with Crippen molar-refractivity contribution in [2.45, 2.75) is 31.9 Å². The summed E-state index contributed by atoms with van der Waals surface area (Å²) in [7, 11) is 0. The average molecular weight is 221 g/mol. The van der Waals surface area contributed by atoms with E-state index in [1.54, 1.807) is 6.07 Å². The van der Waals surface area contributed by atoms with Crippen molar-refractivity contribution in [2.75, 3.05) is 13.2 Å². The number of rotatable bonds is 4. The molecule has 1 unspecified atom stereocenters. The Morgan fingerprint density at radius 1 is 1.31 bits per heavy atom. The zero-order valence-corrected chi connectivity index (χ0v) is 9.48. The Kier molecular flexibility index (Phi) is 4.19. The van der Waals surface area contributed by atoms with Crippen molar-refractivity contribution in [1.29, 1.82) is 0 Å². The van der Waals surface area contributed by atoms with Gasteiger partial charge in [0.2, 0.25) is 0 Å². The van der Waals surface area contributed by atoms with Gasteiger partial charge in [0.15, 0.2) is 0 Å². The number of phenolic OH excluding ortho intramolecular Hbond substituents is 1. The number of ether oxygens (including phenoxy) is 1. The molecule has 0 bridgehead atoms. The molecule has 0 aromatic heterocycles. The van der Waals surface area contributed by atoms with Gasteiger partial charge in [-0.3, -0.25) is 0 Å². The van der Waals surface area contributed by atoms with Crippen LogP contribution in [0.25, 0.3) is 0 Å². The van der Waals surface area contributed by atoms with E-state index in [0.29, 0.717) is 18.4 Å². The second kappa shape index (κ2) is 5.87. The summed E-state index contributed by atoms with van der Waals surface area (Å²) < 4.78 is 5.62. The fourth-order valence-electron chi connectivity index (χ4n) is 2.01. The van der Waals surface area contributed by atoms with E-state index >= 15 is 0 Å². The van der Waals surface area contributed by atoms with Crippen molar-refractivity contribution in [2.24, 2.45) is 0 Å². The minimum absolute atomic E-state index is 0.319. The highest BCUT2D eigenvalue weighted by Crippen LogP contribution is 2.16. The van der Waals surface area contributed by atoms with Gasteiger partial charge in [-0.15, -0.1) is 0 Å². The lowest BCUT2D eigenvalue weighted by molar-refractivity contribution is 0.0898. The first-order valence-corrected chi connectivity index (χ1v) is 5.94. The standard InChI is InChI=1S/C13H19NO2/c15-13-7-2-1-5-11(13)9-16-10-12-6-3-4-8-14-12/h1-2,5,7,12,14-15H,3-4,6,8-10H2. The van der Waals surface area contributed by atoms with E-state index in [1.807, 2.05) is 18.2 Å². The van der Waals surface area contributed by atoms with E-state index < -0.39 is 0 Å². The predicted molar refractivity (Wildman–Crippen MR) is 63.4 cm³/mol. The molecule has 1 aliphatic rings. The first-order valence-electron chi connectivity index (χ1n) is 5.94. The normalized spacial score (nSPS) is 20.9. The van der Waals surface area contributed by atoms with Crippen LogP contribution >= 0.6 is 0 Å². The SMILES string of the molecule is Oc1ccccc1COCC1CCCCN1. The van der Waals surface area contributed by atoms with Gasteiger partial charge in [-0.1, -0.05) is 24.6 Å². The Bertz CT molecular complexity index is 321. The first-order chi connectivity index (χ1) is 7.86. The van der Waals surface area contributed by atoms with E-state index in [-0.39, 0.29) is 0 Å². The summed E-state index contributed by atoms with van der Waals surface area (Å²) >= 11 is 0. The molecule has 3 nitrogen and oxygen atoms in total. The Morgan fingerprint density at radius 3 is 2.94 bits per heavy atom. The van der Waals surface area contributed by atoms with Crippen LogP contribution in [0, 0.1) is 0 Å². The van der Waals surface area contributed by atoms with Gasteiger partial charge in [-0.25, -0.2) is 0 Å². The molecule has 0 radical (unpaired) electrons. The third-order valence-corrected chi connectivity index (χ3v) is 2.98. The molecule has 1 fully saturated rings. The lowest BCUT2D eigenvalue weighted by Crippen LogP contribution is -2.37. The van der Waals surface area contributed by atoms with Crippen molar-refractivity contribution in [3.05, 3.63) is 29.8 Å². The second-order valence-corrected chi connectivity index (χ2v) is 4.29. The molecule has 1 aromatic rings. The number of nitrogens with one attached hydrogen (secondary N) is 1. The highest BCUT2D eigenvalue weighted by molar-refractivity contribution is 5.30. The van der Waals surface area contributed by atoms with Crippen molar-refractivity contribution in [3.63, 3.8) is 0 Å². The van der Waals surface area contributed by atoms with E-state index in [0.717, 1.165) is 18.7 Å². The largest absolute Gasteiger partial charge is 0.508 e. The Labute approximate surface area is 96.4 Å². The summed E-state index contributed by atoms with van der Waals surface area (Å²) in [5.74, 6) is 0.319. The van der Waals surface area contributed by atoms with Gasteiger partial charge >= 0.3 is 0 Å². The highest BCUT2D eigenvalue weighted by atomic mass is 16.5. The molecule has 1 heterocycles. The molecule has 2 N–H and O–H groups in total. The lowest BCUT2D eigenvalue weighted by Gasteiger charge is -2.23. The van der Waals surface area contributed by atoms with E-state index in [1.165, 1.54) is 19.3 Å². The Balaban J connectivity index is 1.73. The Hall–Kier alpha value is -1.06. The molecule has 2 rings (SSSR count). The summed E-state index contributed by atoms with van der Waals surface area (Å²) in [6.07, 6.45) is 3.76. The van der Waals surface area contributed by atoms with Gasteiger partial charge in [0, 0.05) is 11.6 Å². The summed E-state index contributed by atoms with van der Waals surface area (Å²) in [5, 5.41) is 13.0. The number of hydrogen-bond donors (Lipinski definition) is 2. The number of para-hydroxylation sites is 1. The second-order valence-electron chi connectivity index (χ2n) is 4.29. The fourth-order valence-corrected chi connectivity index (χ4v) is 2.01. The van der Waals surface area contributed by atoms with Crippen LogP contribution in [-0.4, -0.2) is 24.3 Å². The van der Waals surface area contributed by atoms with Crippen LogP contribution in [0.1, 0.15) is 24.8 Å². The van der Waals surface area contributed by atoms with Gasteiger partial charge in [0.25, 0.3) is 0 Å². The zero-order chi connectivity index (χ0) is 11.2. The summed E-state index contributed by atoms with van der Waals surface area (Å²) in [5.41, 5.74) is 0.860. The maximum Gasteiger partial charge on any atom is 0.121 e. The molecule has 1 aliphatic heterocycles. The lowest BCUT2D eigenvalue weighted by atomic mass is 10.1. The molecule has 88 valence electrons. The van der Waals surface area contributed by atoms with Gasteiger partial charge in [-0.05, 0) is 25.5 Å². The third kappa shape index (κ3) is 3.22. The summed E-state index contributed by atoms with van der Waals surface area (Å²) in [6.45, 7) is 2.32. The predicted octanol–water partition coefficient (Wildman–Crippen LogP) is 2.05. The topological polar surface area (TPSA) is 41.5 Å². The smallest absolute Gasteiger partial charge is 0.121 e. The van der Waals surface area contributed by atoms with Crippen LogP contribution in [0.3, 0.4) is 0 Å². The molecule has 0 spiro atoms. The van der Waals surface area contributed by atoms with Crippen LogP contribution < -0.4 is 5.32 Å². The Morgan fingerprint density at radius 2 is 2.19 bits per heavy atom. The molecule has 0 saturated carbocycles. The van der Waals surface area contributed by atoms with Gasteiger partial charge < -0.3 is 15.2 Å². The third-order valence-electron chi connectivity index (χ3n) is 2.98. The molecule has 16 heavy (non-hydrogen) atoms. The number of piperidine rings is 1. The van der Waals surface area contributed by atoms with Crippen molar-refractivity contribution < 1.29 is 9.84 Å². The summed E-state index contributed by atoms with van der Waals surface area (Å²) in [6, 6.07) is 7.81. The molecular weight excluding hydrogens is 202 g/mol. The minimum atomic E-state index is 0.319. The number of hydrogen-bond acceptors (Lipinski definition) is 3. The number of benzene rings is 1. The first kappa shape index (κ1) is 11.4. The van der Waals surface area contributed by atoms with Crippen LogP contribution in [-0.2, 0) is 11.3 Å². The summed E-state index contributed by atoms with van der Waals surface area (Å²) in [4.78, 5) is 0. The van der Waals surface area contributed by atoms with Gasteiger partial charge in [0.1, 0.15) is 5.75 Å². The average Bonchev–Trinajstić information content (AvgIpc) is 2.33. The van der Waals surface area contributed by atoms with Crippen molar-refractivity contribution in [3.8, 4) is 5.75 Å². The zero-order valence-electron chi connectivity index (χ0n) is 9.48. The van der Waals surface area contributed by atoms with Crippen LogP contribution in [0.5, 0.6) is 5.75 Å².